The monoisotopic (exact) mass is 240 g/mol. The molecule has 4 nitrogen and oxygen atoms in total. The summed E-state index contributed by atoms with van der Waals surface area (Å²) in [6.45, 7) is 9.54. The summed E-state index contributed by atoms with van der Waals surface area (Å²) in [5.74, 6) is 0.313. The topological polar surface area (TPSA) is 62.1 Å². The molecule has 0 fully saturated rings. The number of nitrogens with one attached hydrogen (secondary N) is 1. The Labute approximate surface area is 104 Å². The van der Waals surface area contributed by atoms with Gasteiger partial charge in [-0.15, -0.1) is 0 Å². The van der Waals surface area contributed by atoms with Crippen LogP contribution in [-0.4, -0.2) is 25.7 Å². The highest BCUT2D eigenvalue weighted by Crippen LogP contribution is 2.25. The second-order valence-electron chi connectivity index (χ2n) is 4.63. The molecule has 0 saturated heterocycles. The summed E-state index contributed by atoms with van der Waals surface area (Å²) >= 11 is 0. The largest absolute Gasteiger partial charge is 0.379 e. The predicted molar refractivity (Wildman–Crippen MR) is 67.3 cm³/mol. The molecule has 0 bridgehead atoms. The van der Waals surface area contributed by atoms with Crippen molar-refractivity contribution in [2.45, 2.75) is 40.5 Å². The molecular weight excluding hydrogens is 216 g/mol. The molecule has 0 aromatic carbocycles. The minimum Gasteiger partial charge on any atom is -0.379 e. The molecule has 0 atom stereocenters. The smallest absolute Gasteiger partial charge is 0.240 e. The van der Waals surface area contributed by atoms with Crippen LogP contribution in [0.2, 0.25) is 0 Å². The maximum Gasteiger partial charge on any atom is 0.240 e. The number of nitriles is 1. The highest BCUT2D eigenvalue weighted by Gasteiger charge is 2.34. The van der Waals surface area contributed by atoms with Crippen LogP contribution in [0.25, 0.3) is 0 Å². The molecule has 0 aromatic heterocycles. The number of nitrogens with zero attached hydrogens (tertiary/aromatic N) is 1. The van der Waals surface area contributed by atoms with Crippen molar-refractivity contribution in [2.24, 2.45) is 11.3 Å². The minimum atomic E-state index is -0.877. The Kier molecular flexibility index (Phi) is 7.56. The Morgan fingerprint density at radius 3 is 2.41 bits per heavy atom. The molecule has 0 spiro atoms. The van der Waals surface area contributed by atoms with Gasteiger partial charge < -0.3 is 10.1 Å². The fraction of sp³-hybridized carbons (Fsp3) is 0.846. The maximum atomic E-state index is 11.9. The highest BCUT2D eigenvalue weighted by molar-refractivity contribution is 5.85. The number of ether oxygens (including phenoxy) is 1. The van der Waals surface area contributed by atoms with E-state index in [0.29, 0.717) is 38.5 Å². The lowest BCUT2D eigenvalue weighted by Crippen LogP contribution is -2.40. The standard InChI is InChI=1S/C13H24N2O2/c1-5-13(6-2,10-14)12(16)15-7-8-17-9-11(3)4/h11H,5-9H2,1-4H3,(H,15,16). The van der Waals surface area contributed by atoms with E-state index in [1.165, 1.54) is 0 Å². The fourth-order valence-corrected chi connectivity index (χ4v) is 1.50. The van der Waals surface area contributed by atoms with Crippen LogP contribution >= 0.6 is 0 Å². The lowest BCUT2D eigenvalue weighted by molar-refractivity contribution is -0.128. The molecule has 0 aliphatic carbocycles. The van der Waals surface area contributed by atoms with Crippen molar-refractivity contribution in [1.82, 2.24) is 5.32 Å². The number of amides is 1. The Hall–Kier alpha value is -1.08. The molecule has 0 aliphatic rings. The molecule has 0 rings (SSSR count). The molecule has 0 radical (unpaired) electrons. The van der Waals surface area contributed by atoms with Gasteiger partial charge in [0.25, 0.3) is 0 Å². The first-order valence-corrected chi connectivity index (χ1v) is 6.29. The van der Waals surface area contributed by atoms with E-state index in [1.807, 2.05) is 13.8 Å². The van der Waals surface area contributed by atoms with Gasteiger partial charge in [0.15, 0.2) is 0 Å². The zero-order valence-corrected chi connectivity index (χ0v) is 11.4. The zero-order valence-electron chi connectivity index (χ0n) is 11.4. The summed E-state index contributed by atoms with van der Waals surface area (Å²) in [4.78, 5) is 11.9. The van der Waals surface area contributed by atoms with Crippen LogP contribution in [0.5, 0.6) is 0 Å². The van der Waals surface area contributed by atoms with Crippen molar-refractivity contribution in [3.63, 3.8) is 0 Å². The zero-order chi connectivity index (χ0) is 13.3. The summed E-state index contributed by atoms with van der Waals surface area (Å²) in [7, 11) is 0. The van der Waals surface area contributed by atoms with Gasteiger partial charge >= 0.3 is 0 Å². The van der Waals surface area contributed by atoms with Gasteiger partial charge in [-0.2, -0.15) is 5.26 Å². The van der Waals surface area contributed by atoms with E-state index in [-0.39, 0.29) is 5.91 Å². The molecule has 1 N–H and O–H groups in total. The van der Waals surface area contributed by atoms with E-state index in [0.717, 1.165) is 0 Å². The van der Waals surface area contributed by atoms with E-state index < -0.39 is 5.41 Å². The van der Waals surface area contributed by atoms with Gasteiger partial charge in [0.2, 0.25) is 5.91 Å². The summed E-state index contributed by atoms with van der Waals surface area (Å²) in [5.41, 5.74) is -0.877. The van der Waals surface area contributed by atoms with Gasteiger partial charge in [-0.3, -0.25) is 4.79 Å². The lowest BCUT2D eigenvalue weighted by atomic mass is 9.83. The summed E-state index contributed by atoms with van der Waals surface area (Å²) in [6.07, 6.45) is 1.08. The van der Waals surface area contributed by atoms with Crippen molar-refractivity contribution >= 4 is 5.91 Å². The van der Waals surface area contributed by atoms with Crippen LogP contribution in [0.4, 0.5) is 0 Å². The molecule has 0 unspecified atom stereocenters. The van der Waals surface area contributed by atoms with Crippen LogP contribution in [0.3, 0.4) is 0 Å². The third-order valence-electron chi connectivity index (χ3n) is 2.84. The second-order valence-corrected chi connectivity index (χ2v) is 4.63. The summed E-state index contributed by atoms with van der Waals surface area (Å²) in [5, 5.41) is 11.8. The van der Waals surface area contributed by atoms with E-state index >= 15 is 0 Å². The number of rotatable bonds is 8. The fourth-order valence-electron chi connectivity index (χ4n) is 1.50. The van der Waals surface area contributed by atoms with Gasteiger partial charge in [-0.05, 0) is 18.8 Å². The van der Waals surface area contributed by atoms with E-state index in [1.54, 1.807) is 0 Å². The third kappa shape index (κ3) is 5.18. The van der Waals surface area contributed by atoms with E-state index in [2.05, 4.69) is 25.2 Å². The van der Waals surface area contributed by atoms with Gasteiger partial charge in [0, 0.05) is 13.2 Å². The first kappa shape index (κ1) is 15.9. The minimum absolute atomic E-state index is 0.182. The number of carbonyl (C=O) groups excluding carboxylic acids is 1. The van der Waals surface area contributed by atoms with Gasteiger partial charge in [0.1, 0.15) is 5.41 Å². The Balaban J connectivity index is 3.97. The Bertz CT molecular complexity index is 265. The van der Waals surface area contributed by atoms with E-state index in [9.17, 15) is 4.79 Å². The van der Waals surface area contributed by atoms with Crippen molar-refractivity contribution in [2.75, 3.05) is 19.8 Å². The molecule has 17 heavy (non-hydrogen) atoms. The molecule has 0 aromatic rings. The SMILES string of the molecule is CCC(C#N)(CC)C(=O)NCCOCC(C)C. The Morgan fingerprint density at radius 2 is 2.00 bits per heavy atom. The maximum absolute atomic E-state index is 11.9. The molecule has 0 heterocycles. The average molecular weight is 240 g/mol. The Morgan fingerprint density at radius 1 is 1.41 bits per heavy atom. The third-order valence-corrected chi connectivity index (χ3v) is 2.84. The van der Waals surface area contributed by atoms with Crippen molar-refractivity contribution in [3.8, 4) is 6.07 Å². The van der Waals surface area contributed by atoms with Crippen LogP contribution in [0.1, 0.15) is 40.5 Å². The number of hydrogen-bond acceptors (Lipinski definition) is 3. The van der Waals surface area contributed by atoms with Crippen LogP contribution < -0.4 is 5.32 Å². The van der Waals surface area contributed by atoms with Crippen LogP contribution in [0, 0.1) is 22.7 Å². The van der Waals surface area contributed by atoms with Gasteiger partial charge in [-0.25, -0.2) is 0 Å². The first-order valence-electron chi connectivity index (χ1n) is 6.29. The van der Waals surface area contributed by atoms with E-state index in [4.69, 9.17) is 10.00 Å². The highest BCUT2D eigenvalue weighted by atomic mass is 16.5. The van der Waals surface area contributed by atoms with Crippen LogP contribution in [-0.2, 0) is 9.53 Å². The number of carbonyl (C=O) groups is 1. The average Bonchev–Trinajstić information content (AvgIpc) is 2.31. The van der Waals surface area contributed by atoms with Crippen molar-refractivity contribution in [3.05, 3.63) is 0 Å². The van der Waals surface area contributed by atoms with Gasteiger partial charge in [-0.1, -0.05) is 27.7 Å². The van der Waals surface area contributed by atoms with Gasteiger partial charge in [0.05, 0.1) is 12.7 Å². The normalized spacial score (nSPS) is 11.3. The lowest BCUT2D eigenvalue weighted by Gasteiger charge is -2.22. The summed E-state index contributed by atoms with van der Waals surface area (Å²) < 4.78 is 5.36. The first-order chi connectivity index (χ1) is 8.02. The number of hydrogen-bond donors (Lipinski definition) is 1. The molecular formula is C13H24N2O2. The molecule has 4 heteroatoms. The van der Waals surface area contributed by atoms with Crippen LogP contribution in [0.15, 0.2) is 0 Å². The molecule has 0 aliphatic heterocycles. The quantitative estimate of drug-likeness (QED) is 0.661. The second kappa shape index (κ2) is 8.08. The molecule has 1 amide bonds. The molecule has 98 valence electrons. The predicted octanol–water partition coefficient (Wildman–Crippen LogP) is 2.11. The summed E-state index contributed by atoms with van der Waals surface area (Å²) in [6, 6.07) is 2.12. The van der Waals surface area contributed by atoms with Crippen molar-refractivity contribution < 1.29 is 9.53 Å². The van der Waals surface area contributed by atoms with Crippen molar-refractivity contribution in [1.29, 1.82) is 5.26 Å². The molecule has 0 saturated carbocycles.